The molecule has 0 bridgehead atoms. The fourth-order valence-electron chi connectivity index (χ4n) is 2.59. The van der Waals surface area contributed by atoms with E-state index in [9.17, 15) is 4.79 Å². The molecule has 19 heavy (non-hydrogen) atoms. The van der Waals surface area contributed by atoms with Gasteiger partial charge in [-0.3, -0.25) is 4.79 Å². The van der Waals surface area contributed by atoms with Gasteiger partial charge in [-0.05, 0) is 72.8 Å². The summed E-state index contributed by atoms with van der Waals surface area (Å²) in [7, 11) is 4.28. The molecule has 0 aromatic carbocycles. The molecule has 0 aromatic heterocycles. The molecule has 0 aromatic rings. The van der Waals surface area contributed by atoms with Gasteiger partial charge in [-0.15, -0.1) is 0 Å². The Hall–Kier alpha value is -0.610. The lowest BCUT2D eigenvalue weighted by Crippen LogP contribution is -2.38. The first-order valence-corrected chi connectivity index (χ1v) is 7.64. The van der Waals surface area contributed by atoms with Crippen LogP contribution in [0.4, 0.5) is 0 Å². The van der Waals surface area contributed by atoms with E-state index in [2.05, 4.69) is 29.2 Å². The van der Waals surface area contributed by atoms with Crippen molar-refractivity contribution >= 4 is 5.91 Å². The van der Waals surface area contributed by atoms with Crippen LogP contribution in [0.1, 0.15) is 39.5 Å². The van der Waals surface area contributed by atoms with Crippen molar-refractivity contribution in [2.45, 2.75) is 45.6 Å². The third-order valence-electron chi connectivity index (χ3n) is 3.80. The zero-order chi connectivity index (χ0) is 14.3. The Labute approximate surface area is 118 Å². The SMILES string of the molecule is CC(C)NC(=O)CCN1CCC(CCN(C)C)CC1. The summed E-state index contributed by atoms with van der Waals surface area (Å²) in [5, 5.41) is 2.95. The Morgan fingerprint density at radius 3 is 2.47 bits per heavy atom. The minimum Gasteiger partial charge on any atom is -0.354 e. The second-order valence-corrected chi connectivity index (χ2v) is 6.35. The second-order valence-electron chi connectivity index (χ2n) is 6.35. The van der Waals surface area contributed by atoms with Gasteiger partial charge in [-0.2, -0.15) is 0 Å². The summed E-state index contributed by atoms with van der Waals surface area (Å²) in [6, 6.07) is 0.254. The number of carbonyl (C=O) groups excluding carboxylic acids is 1. The van der Waals surface area contributed by atoms with Crippen molar-refractivity contribution in [3.05, 3.63) is 0 Å². The number of hydrogen-bond acceptors (Lipinski definition) is 3. The van der Waals surface area contributed by atoms with Crippen molar-refractivity contribution in [3.8, 4) is 0 Å². The number of carbonyl (C=O) groups is 1. The van der Waals surface area contributed by atoms with Gasteiger partial charge in [-0.1, -0.05) is 0 Å². The van der Waals surface area contributed by atoms with E-state index in [4.69, 9.17) is 0 Å². The maximum Gasteiger partial charge on any atom is 0.221 e. The van der Waals surface area contributed by atoms with Gasteiger partial charge in [0, 0.05) is 19.0 Å². The molecular formula is C15H31N3O. The molecule has 0 radical (unpaired) electrons. The Bertz CT molecular complexity index is 258. The molecule has 1 N–H and O–H groups in total. The number of rotatable bonds is 7. The van der Waals surface area contributed by atoms with Gasteiger partial charge in [-0.25, -0.2) is 0 Å². The van der Waals surface area contributed by atoms with Crippen molar-refractivity contribution in [1.82, 2.24) is 15.1 Å². The average molecular weight is 269 g/mol. The predicted octanol–water partition coefficient (Wildman–Crippen LogP) is 1.56. The Balaban J connectivity index is 2.11. The number of piperidine rings is 1. The minimum absolute atomic E-state index is 0.185. The quantitative estimate of drug-likeness (QED) is 0.762. The van der Waals surface area contributed by atoms with Gasteiger partial charge in [0.25, 0.3) is 0 Å². The summed E-state index contributed by atoms with van der Waals surface area (Å²) < 4.78 is 0. The molecule has 1 aliphatic heterocycles. The summed E-state index contributed by atoms with van der Waals surface area (Å²) in [6.45, 7) is 8.45. The van der Waals surface area contributed by atoms with Crippen LogP contribution in [0.2, 0.25) is 0 Å². The maximum atomic E-state index is 11.6. The molecule has 1 aliphatic rings. The summed E-state index contributed by atoms with van der Waals surface area (Å²) in [5.41, 5.74) is 0. The van der Waals surface area contributed by atoms with E-state index in [-0.39, 0.29) is 11.9 Å². The molecule has 1 saturated heterocycles. The monoisotopic (exact) mass is 269 g/mol. The summed E-state index contributed by atoms with van der Waals surface area (Å²) >= 11 is 0. The van der Waals surface area contributed by atoms with Crippen LogP contribution in [-0.4, -0.2) is 62.0 Å². The average Bonchev–Trinajstić information content (AvgIpc) is 2.34. The summed E-state index contributed by atoms with van der Waals surface area (Å²) in [5.74, 6) is 1.06. The lowest BCUT2D eigenvalue weighted by molar-refractivity contribution is -0.122. The molecule has 4 nitrogen and oxygen atoms in total. The van der Waals surface area contributed by atoms with E-state index in [0.29, 0.717) is 6.42 Å². The molecule has 1 rings (SSSR count). The van der Waals surface area contributed by atoms with Crippen LogP contribution < -0.4 is 5.32 Å². The highest BCUT2D eigenvalue weighted by atomic mass is 16.1. The largest absolute Gasteiger partial charge is 0.354 e. The van der Waals surface area contributed by atoms with Crippen molar-refractivity contribution in [2.75, 3.05) is 40.3 Å². The third kappa shape index (κ3) is 7.53. The van der Waals surface area contributed by atoms with Crippen LogP contribution in [0.25, 0.3) is 0 Å². The molecule has 112 valence electrons. The number of nitrogens with zero attached hydrogens (tertiary/aromatic N) is 2. The van der Waals surface area contributed by atoms with Crippen LogP contribution in [0.3, 0.4) is 0 Å². The molecule has 1 heterocycles. The Morgan fingerprint density at radius 2 is 1.95 bits per heavy atom. The van der Waals surface area contributed by atoms with Gasteiger partial charge in [0.05, 0.1) is 0 Å². The highest BCUT2D eigenvalue weighted by molar-refractivity contribution is 5.76. The molecule has 0 saturated carbocycles. The van der Waals surface area contributed by atoms with Crippen molar-refractivity contribution in [3.63, 3.8) is 0 Å². The van der Waals surface area contributed by atoms with Crippen molar-refractivity contribution in [1.29, 1.82) is 0 Å². The van der Waals surface area contributed by atoms with Crippen LogP contribution in [0.15, 0.2) is 0 Å². The number of amides is 1. The van der Waals surface area contributed by atoms with E-state index >= 15 is 0 Å². The van der Waals surface area contributed by atoms with E-state index in [1.807, 2.05) is 13.8 Å². The minimum atomic E-state index is 0.185. The smallest absolute Gasteiger partial charge is 0.221 e. The van der Waals surface area contributed by atoms with Gasteiger partial charge < -0.3 is 15.1 Å². The highest BCUT2D eigenvalue weighted by Gasteiger charge is 2.19. The molecule has 0 spiro atoms. The van der Waals surface area contributed by atoms with E-state index in [1.54, 1.807) is 0 Å². The van der Waals surface area contributed by atoms with Gasteiger partial charge in [0.15, 0.2) is 0 Å². The molecule has 1 amide bonds. The zero-order valence-corrected chi connectivity index (χ0v) is 13.1. The third-order valence-corrected chi connectivity index (χ3v) is 3.80. The Kier molecular flexibility index (Phi) is 7.39. The highest BCUT2D eigenvalue weighted by Crippen LogP contribution is 2.20. The molecule has 0 aliphatic carbocycles. The van der Waals surface area contributed by atoms with Gasteiger partial charge >= 0.3 is 0 Å². The number of hydrogen-bond donors (Lipinski definition) is 1. The fourth-order valence-corrected chi connectivity index (χ4v) is 2.59. The number of nitrogens with one attached hydrogen (secondary N) is 1. The van der Waals surface area contributed by atoms with E-state index in [0.717, 1.165) is 25.6 Å². The lowest BCUT2D eigenvalue weighted by atomic mass is 9.93. The van der Waals surface area contributed by atoms with Crippen LogP contribution in [0, 0.1) is 5.92 Å². The second kappa shape index (κ2) is 8.54. The van der Waals surface area contributed by atoms with E-state index < -0.39 is 0 Å². The van der Waals surface area contributed by atoms with Crippen molar-refractivity contribution < 1.29 is 4.79 Å². The predicted molar refractivity (Wildman–Crippen MR) is 80.2 cm³/mol. The molecule has 4 heteroatoms. The molecular weight excluding hydrogens is 238 g/mol. The van der Waals surface area contributed by atoms with E-state index in [1.165, 1.54) is 25.8 Å². The topological polar surface area (TPSA) is 35.6 Å². The van der Waals surface area contributed by atoms with Crippen LogP contribution >= 0.6 is 0 Å². The van der Waals surface area contributed by atoms with Crippen LogP contribution in [0.5, 0.6) is 0 Å². The molecule has 1 fully saturated rings. The van der Waals surface area contributed by atoms with Gasteiger partial charge in [0.2, 0.25) is 5.91 Å². The summed E-state index contributed by atoms with van der Waals surface area (Å²) in [6.07, 6.45) is 4.54. The normalized spacial score (nSPS) is 18.2. The van der Waals surface area contributed by atoms with Crippen LogP contribution in [-0.2, 0) is 4.79 Å². The lowest BCUT2D eigenvalue weighted by Gasteiger charge is -2.32. The first-order chi connectivity index (χ1) is 8.97. The standard InChI is InChI=1S/C15H31N3O/c1-13(2)16-15(19)8-12-18-10-6-14(7-11-18)5-9-17(3)4/h13-14H,5-12H2,1-4H3,(H,16,19). The number of likely N-dealkylation sites (tertiary alicyclic amines) is 1. The first kappa shape index (κ1) is 16.4. The Morgan fingerprint density at radius 1 is 1.32 bits per heavy atom. The zero-order valence-electron chi connectivity index (χ0n) is 13.1. The summed E-state index contributed by atoms with van der Waals surface area (Å²) in [4.78, 5) is 16.3. The molecule has 0 unspecified atom stereocenters. The molecule has 0 atom stereocenters. The van der Waals surface area contributed by atoms with Gasteiger partial charge in [0.1, 0.15) is 0 Å². The fraction of sp³-hybridized carbons (Fsp3) is 0.933. The maximum absolute atomic E-state index is 11.6. The first-order valence-electron chi connectivity index (χ1n) is 7.64. The van der Waals surface area contributed by atoms with Crippen molar-refractivity contribution in [2.24, 2.45) is 5.92 Å².